The van der Waals surface area contributed by atoms with Gasteiger partial charge in [-0.2, -0.15) is 13.2 Å². The van der Waals surface area contributed by atoms with Crippen LogP contribution in [0.5, 0.6) is 5.75 Å². The van der Waals surface area contributed by atoms with Crippen molar-refractivity contribution in [3.05, 3.63) is 131 Å². The largest absolute Gasteiger partial charge is 0.497 e. The maximum atomic E-state index is 13.6. The Kier molecular flexibility index (Phi) is 10.1. The van der Waals surface area contributed by atoms with E-state index < -0.39 is 35.6 Å². The van der Waals surface area contributed by atoms with E-state index in [-0.39, 0.29) is 40.8 Å². The van der Waals surface area contributed by atoms with E-state index in [4.69, 9.17) is 14.2 Å². The van der Waals surface area contributed by atoms with Gasteiger partial charge in [0.05, 0.1) is 30.9 Å². The Morgan fingerprint density at radius 2 is 1.52 bits per heavy atom. The Labute approximate surface area is 274 Å². The maximum absolute atomic E-state index is 13.6. The first-order valence-corrected chi connectivity index (χ1v) is 14.8. The number of halogens is 3. The van der Waals surface area contributed by atoms with Crippen LogP contribution in [-0.2, 0) is 33.5 Å². The summed E-state index contributed by atoms with van der Waals surface area (Å²) in [4.78, 5) is 44.2. The first kappa shape index (κ1) is 33.6. The van der Waals surface area contributed by atoms with Crippen LogP contribution >= 0.6 is 0 Å². The highest BCUT2D eigenvalue weighted by Gasteiger charge is 2.30. The summed E-state index contributed by atoms with van der Waals surface area (Å²) in [5, 5.41) is 2.91. The van der Waals surface area contributed by atoms with Crippen molar-refractivity contribution < 1.29 is 41.8 Å². The lowest BCUT2D eigenvalue weighted by Crippen LogP contribution is -2.43. The van der Waals surface area contributed by atoms with Crippen molar-refractivity contribution in [2.24, 2.45) is 0 Å². The molecular formula is C37H31F3N2O6. The number of hydrogen-bond donors (Lipinski definition) is 1. The third-order valence-electron chi connectivity index (χ3n) is 7.66. The van der Waals surface area contributed by atoms with Crippen LogP contribution in [0.1, 0.15) is 43.1 Å². The molecule has 1 atom stereocenters. The average Bonchev–Trinajstić information content (AvgIpc) is 3.10. The summed E-state index contributed by atoms with van der Waals surface area (Å²) in [5.41, 5.74) is 2.31. The Morgan fingerprint density at radius 1 is 0.833 bits per heavy atom. The predicted molar refractivity (Wildman–Crippen MR) is 172 cm³/mol. The summed E-state index contributed by atoms with van der Waals surface area (Å²) in [6.45, 7) is 1.82. The second-order valence-corrected chi connectivity index (χ2v) is 11.0. The highest BCUT2D eigenvalue weighted by Crippen LogP contribution is 2.33. The second kappa shape index (κ2) is 14.4. The fourth-order valence-electron chi connectivity index (χ4n) is 5.04. The number of amides is 1. The van der Waals surface area contributed by atoms with E-state index in [0.717, 1.165) is 23.3 Å². The van der Waals surface area contributed by atoms with Crippen molar-refractivity contribution in [3.8, 4) is 16.9 Å². The van der Waals surface area contributed by atoms with Crippen LogP contribution in [0.2, 0.25) is 0 Å². The van der Waals surface area contributed by atoms with Gasteiger partial charge in [0.15, 0.2) is 0 Å². The zero-order valence-corrected chi connectivity index (χ0v) is 26.3. The number of carbonyl (C=O) groups is 3. The van der Waals surface area contributed by atoms with Gasteiger partial charge in [-0.05, 0) is 71.6 Å². The molecule has 0 fully saturated rings. The van der Waals surface area contributed by atoms with Crippen LogP contribution < -0.4 is 10.1 Å². The molecule has 11 heteroatoms. The van der Waals surface area contributed by atoms with Crippen LogP contribution in [0.25, 0.3) is 22.0 Å². The van der Waals surface area contributed by atoms with Crippen LogP contribution in [0, 0.1) is 6.92 Å². The van der Waals surface area contributed by atoms with E-state index in [1.807, 2.05) is 31.2 Å². The minimum atomic E-state index is -4.55. The number of pyridine rings is 1. The van der Waals surface area contributed by atoms with Gasteiger partial charge in [-0.15, -0.1) is 0 Å². The van der Waals surface area contributed by atoms with E-state index in [1.54, 1.807) is 30.3 Å². The molecule has 0 saturated carbocycles. The standard InChI is InChI=1S/C37H31F3N2O6/c1-22-7-9-23(10-8-22)17-33(36(45)47-3)42-34(43)32-20-30(35(44)48-21-24-11-14-28(46-2)15-12-24)29-19-26(13-16-31(29)41-32)25-5-4-6-27(18-25)37(38,39)40/h4-16,18-20,33H,17,21H2,1-3H3,(H,42,43)/t33-/m0/s1. The summed E-state index contributed by atoms with van der Waals surface area (Å²) >= 11 is 0. The van der Waals surface area contributed by atoms with Crippen LogP contribution in [0.3, 0.4) is 0 Å². The quantitative estimate of drug-likeness (QED) is 0.160. The van der Waals surface area contributed by atoms with Crippen molar-refractivity contribution >= 4 is 28.7 Å². The van der Waals surface area contributed by atoms with Crippen molar-refractivity contribution in [1.29, 1.82) is 0 Å². The number of rotatable bonds is 10. The normalized spacial score (nSPS) is 11.9. The van der Waals surface area contributed by atoms with Crippen molar-refractivity contribution in [3.63, 3.8) is 0 Å². The molecule has 0 unspecified atom stereocenters. The first-order chi connectivity index (χ1) is 22.9. The molecule has 0 aliphatic carbocycles. The average molecular weight is 657 g/mol. The first-order valence-electron chi connectivity index (χ1n) is 14.8. The molecule has 0 saturated heterocycles. The monoisotopic (exact) mass is 656 g/mol. The molecule has 246 valence electrons. The fourth-order valence-corrected chi connectivity index (χ4v) is 5.04. The topological polar surface area (TPSA) is 104 Å². The SMILES string of the molecule is COC(=O)[C@H](Cc1ccc(C)cc1)NC(=O)c1cc(C(=O)OCc2ccc(OC)cc2)c2cc(-c3cccc(C(F)(F)F)c3)ccc2n1. The molecule has 5 rings (SSSR count). The number of aryl methyl sites for hydroxylation is 1. The Balaban J connectivity index is 1.51. The molecule has 0 spiro atoms. The van der Waals surface area contributed by atoms with E-state index in [9.17, 15) is 27.6 Å². The predicted octanol–water partition coefficient (Wildman–Crippen LogP) is 7.11. The summed E-state index contributed by atoms with van der Waals surface area (Å²) in [7, 11) is 2.74. The molecule has 0 aliphatic rings. The molecule has 8 nitrogen and oxygen atoms in total. The van der Waals surface area contributed by atoms with Gasteiger partial charge in [0.1, 0.15) is 24.1 Å². The molecule has 4 aromatic carbocycles. The summed E-state index contributed by atoms with van der Waals surface area (Å²) < 4.78 is 56.0. The number of benzene rings is 4. The molecule has 1 heterocycles. The van der Waals surface area contributed by atoms with Gasteiger partial charge in [0, 0.05) is 11.8 Å². The molecule has 0 aliphatic heterocycles. The summed E-state index contributed by atoms with van der Waals surface area (Å²) in [6, 6.07) is 23.9. The lowest BCUT2D eigenvalue weighted by atomic mass is 9.98. The zero-order chi connectivity index (χ0) is 34.4. The van der Waals surface area contributed by atoms with Gasteiger partial charge in [-0.1, -0.05) is 60.2 Å². The molecule has 0 radical (unpaired) electrons. The highest BCUT2D eigenvalue weighted by atomic mass is 19.4. The Morgan fingerprint density at radius 3 is 2.19 bits per heavy atom. The number of nitrogens with one attached hydrogen (secondary N) is 1. The van der Waals surface area contributed by atoms with Crippen LogP contribution in [0.15, 0.2) is 97.1 Å². The number of alkyl halides is 3. The molecule has 48 heavy (non-hydrogen) atoms. The Bertz CT molecular complexity index is 1960. The minimum absolute atomic E-state index is 0.0411. The number of aromatic nitrogens is 1. The molecule has 1 amide bonds. The zero-order valence-electron chi connectivity index (χ0n) is 26.3. The van der Waals surface area contributed by atoms with Gasteiger partial charge in [-0.3, -0.25) is 4.79 Å². The minimum Gasteiger partial charge on any atom is -0.497 e. The van der Waals surface area contributed by atoms with Gasteiger partial charge in [0.2, 0.25) is 0 Å². The molecule has 1 N–H and O–H groups in total. The molecule has 1 aromatic heterocycles. The summed E-state index contributed by atoms with van der Waals surface area (Å²) in [5.74, 6) is -1.59. The lowest BCUT2D eigenvalue weighted by Gasteiger charge is -2.17. The van der Waals surface area contributed by atoms with E-state index in [1.165, 1.54) is 44.6 Å². The molecule has 5 aromatic rings. The van der Waals surface area contributed by atoms with Gasteiger partial charge >= 0.3 is 18.1 Å². The van der Waals surface area contributed by atoms with Gasteiger partial charge in [-0.25, -0.2) is 14.6 Å². The third kappa shape index (κ3) is 7.98. The van der Waals surface area contributed by atoms with E-state index >= 15 is 0 Å². The van der Waals surface area contributed by atoms with Crippen molar-refractivity contribution in [2.75, 3.05) is 14.2 Å². The van der Waals surface area contributed by atoms with Crippen LogP contribution in [-0.4, -0.2) is 43.1 Å². The highest BCUT2D eigenvalue weighted by molar-refractivity contribution is 6.07. The number of methoxy groups -OCH3 is 2. The number of fused-ring (bicyclic) bond motifs is 1. The smallest absolute Gasteiger partial charge is 0.416 e. The molecular weight excluding hydrogens is 625 g/mol. The van der Waals surface area contributed by atoms with E-state index in [2.05, 4.69) is 10.3 Å². The third-order valence-corrected chi connectivity index (χ3v) is 7.66. The number of hydrogen-bond acceptors (Lipinski definition) is 7. The van der Waals surface area contributed by atoms with Gasteiger partial charge < -0.3 is 19.5 Å². The molecule has 0 bridgehead atoms. The van der Waals surface area contributed by atoms with Crippen molar-refractivity contribution in [2.45, 2.75) is 32.2 Å². The van der Waals surface area contributed by atoms with Gasteiger partial charge in [0.25, 0.3) is 5.91 Å². The second-order valence-electron chi connectivity index (χ2n) is 11.0. The number of carbonyl (C=O) groups excluding carboxylic acids is 3. The fraction of sp³-hybridized carbons (Fsp3) is 0.189. The number of esters is 2. The van der Waals surface area contributed by atoms with Crippen LogP contribution in [0.4, 0.5) is 13.2 Å². The summed E-state index contributed by atoms with van der Waals surface area (Å²) in [6.07, 6.45) is -4.40. The van der Waals surface area contributed by atoms with Crippen molar-refractivity contribution in [1.82, 2.24) is 10.3 Å². The lowest BCUT2D eigenvalue weighted by molar-refractivity contribution is -0.143. The number of ether oxygens (including phenoxy) is 3. The van der Waals surface area contributed by atoms with E-state index in [0.29, 0.717) is 16.9 Å². The maximum Gasteiger partial charge on any atom is 0.416 e. The number of nitrogens with zero attached hydrogens (tertiary/aromatic N) is 1. The Hall–Kier alpha value is -5.71.